The van der Waals surface area contributed by atoms with Gasteiger partial charge < -0.3 is 5.73 Å². The van der Waals surface area contributed by atoms with E-state index in [4.69, 9.17) is 5.73 Å². The fourth-order valence-corrected chi connectivity index (χ4v) is 1.25. The van der Waals surface area contributed by atoms with Crippen LogP contribution in [0.5, 0.6) is 0 Å². The van der Waals surface area contributed by atoms with Crippen molar-refractivity contribution in [2.45, 2.75) is 32.7 Å². The Morgan fingerprint density at radius 1 is 1.29 bits per heavy atom. The summed E-state index contributed by atoms with van der Waals surface area (Å²) in [5.41, 5.74) is 5.77. The minimum atomic E-state index is -0.106. The van der Waals surface area contributed by atoms with Crippen molar-refractivity contribution in [3.63, 3.8) is 0 Å². The molecule has 0 saturated carbocycles. The fraction of sp³-hybridized carbons (Fsp3) is 0.778. The third-order valence-corrected chi connectivity index (χ3v) is 2.40. The van der Waals surface area contributed by atoms with E-state index in [1.165, 1.54) is 4.90 Å². The van der Waals surface area contributed by atoms with Gasteiger partial charge in [-0.05, 0) is 5.92 Å². The summed E-state index contributed by atoms with van der Waals surface area (Å²) in [5, 5.41) is 0. The van der Waals surface area contributed by atoms with Gasteiger partial charge in [-0.1, -0.05) is 13.8 Å². The molecule has 4 nitrogen and oxygen atoms in total. The highest BCUT2D eigenvalue weighted by atomic mass is 35.5. The minimum Gasteiger partial charge on any atom is -0.326 e. The van der Waals surface area contributed by atoms with Crippen molar-refractivity contribution in [3.8, 4) is 0 Å². The molecule has 14 heavy (non-hydrogen) atoms. The molecule has 1 atom stereocenters. The van der Waals surface area contributed by atoms with Crippen molar-refractivity contribution in [3.05, 3.63) is 0 Å². The Kier molecular flexibility index (Phi) is 5.08. The molecule has 0 aromatic heterocycles. The minimum absolute atomic E-state index is 0. The molecule has 1 aliphatic rings. The van der Waals surface area contributed by atoms with Crippen LogP contribution < -0.4 is 5.73 Å². The first kappa shape index (κ1) is 13.4. The van der Waals surface area contributed by atoms with E-state index in [0.29, 0.717) is 25.3 Å². The average Bonchev–Trinajstić information content (AvgIpc) is 2.35. The van der Waals surface area contributed by atoms with Crippen molar-refractivity contribution in [2.75, 3.05) is 6.54 Å². The van der Waals surface area contributed by atoms with E-state index in [1.54, 1.807) is 0 Å². The second-order valence-corrected chi connectivity index (χ2v) is 3.81. The van der Waals surface area contributed by atoms with Crippen molar-refractivity contribution in [2.24, 2.45) is 11.7 Å². The van der Waals surface area contributed by atoms with Gasteiger partial charge in [-0.25, -0.2) is 0 Å². The number of likely N-dealkylation sites (tertiary alicyclic amines) is 1. The standard InChI is InChI=1S/C9H16N2O2.ClH/c1-6(2)7(10)5-11-8(12)3-4-9(11)13;/h6-7H,3-5,10H2,1-2H3;1H. The van der Waals surface area contributed by atoms with E-state index in [1.807, 2.05) is 13.8 Å². The summed E-state index contributed by atoms with van der Waals surface area (Å²) in [4.78, 5) is 23.7. The lowest BCUT2D eigenvalue weighted by Crippen LogP contribution is -2.43. The van der Waals surface area contributed by atoms with Gasteiger partial charge in [-0.15, -0.1) is 12.4 Å². The summed E-state index contributed by atoms with van der Waals surface area (Å²) in [6, 6.07) is -0.106. The molecule has 0 radical (unpaired) electrons. The van der Waals surface area contributed by atoms with Crippen LogP contribution in [0.3, 0.4) is 0 Å². The van der Waals surface area contributed by atoms with Crippen LogP contribution in [0.15, 0.2) is 0 Å². The molecule has 0 spiro atoms. The van der Waals surface area contributed by atoms with Crippen LogP contribution in [0.25, 0.3) is 0 Å². The highest BCUT2D eigenvalue weighted by Gasteiger charge is 2.30. The molecule has 5 heteroatoms. The highest BCUT2D eigenvalue weighted by molar-refractivity contribution is 6.01. The lowest BCUT2D eigenvalue weighted by molar-refractivity contribution is -0.138. The van der Waals surface area contributed by atoms with Crippen molar-refractivity contribution < 1.29 is 9.59 Å². The lowest BCUT2D eigenvalue weighted by Gasteiger charge is -2.21. The van der Waals surface area contributed by atoms with Gasteiger partial charge in [0.25, 0.3) is 0 Å². The van der Waals surface area contributed by atoms with Crippen LogP contribution in [-0.4, -0.2) is 29.3 Å². The van der Waals surface area contributed by atoms with E-state index in [-0.39, 0.29) is 30.3 Å². The van der Waals surface area contributed by atoms with E-state index < -0.39 is 0 Å². The molecule has 0 bridgehead atoms. The summed E-state index contributed by atoms with van der Waals surface area (Å²) in [6.07, 6.45) is 0.702. The summed E-state index contributed by atoms with van der Waals surface area (Å²) < 4.78 is 0. The van der Waals surface area contributed by atoms with Crippen LogP contribution in [-0.2, 0) is 9.59 Å². The van der Waals surface area contributed by atoms with Gasteiger partial charge in [-0.3, -0.25) is 14.5 Å². The largest absolute Gasteiger partial charge is 0.326 e. The number of hydrogen-bond donors (Lipinski definition) is 1. The smallest absolute Gasteiger partial charge is 0.229 e. The molecule has 0 aliphatic carbocycles. The molecule has 1 rings (SSSR count). The Labute approximate surface area is 90.2 Å². The zero-order valence-corrected chi connectivity index (χ0v) is 9.34. The Bertz CT molecular complexity index is 215. The molecule has 1 unspecified atom stereocenters. The number of carbonyl (C=O) groups is 2. The first-order chi connectivity index (χ1) is 6.02. The van der Waals surface area contributed by atoms with E-state index >= 15 is 0 Å². The first-order valence-electron chi connectivity index (χ1n) is 4.61. The second kappa shape index (κ2) is 5.32. The molecular weight excluding hydrogens is 204 g/mol. The SMILES string of the molecule is CC(C)C(N)CN1C(=O)CCC1=O.Cl. The Hall–Kier alpha value is -0.610. The number of nitrogens with two attached hydrogens (primary N) is 1. The number of nitrogens with zero attached hydrogens (tertiary/aromatic N) is 1. The third-order valence-electron chi connectivity index (χ3n) is 2.40. The summed E-state index contributed by atoms with van der Waals surface area (Å²) in [6.45, 7) is 4.33. The van der Waals surface area contributed by atoms with Gasteiger partial charge in [0.15, 0.2) is 0 Å². The predicted octanol–water partition coefficient (Wildman–Crippen LogP) is 0.541. The van der Waals surface area contributed by atoms with Crippen LogP contribution in [0.2, 0.25) is 0 Å². The first-order valence-corrected chi connectivity index (χ1v) is 4.61. The van der Waals surface area contributed by atoms with Gasteiger partial charge in [0.2, 0.25) is 11.8 Å². The maximum atomic E-state index is 11.2. The average molecular weight is 221 g/mol. The molecule has 0 aromatic rings. The quantitative estimate of drug-likeness (QED) is 0.707. The molecule has 1 fully saturated rings. The number of halogens is 1. The van der Waals surface area contributed by atoms with Crippen molar-refractivity contribution in [1.82, 2.24) is 4.90 Å². The topological polar surface area (TPSA) is 63.4 Å². The van der Waals surface area contributed by atoms with Crippen molar-refractivity contribution >= 4 is 24.2 Å². The number of carbonyl (C=O) groups excluding carboxylic acids is 2. The van der Waals surface area contributed by atoms with E-state index in [0.717, 1.165) is 0 Å². The number of amides is 2. The van der Waals surface area contributed by atoms with Crippen LogP contribution in [0.4, 0.5) is 0 Å². The van der Waals surface area contributed by atoms with Crippen LogP contribution in [0, 0.1) is 5.92 Å². The zero-order chi connectivity index (χ0) is 10.0. The molecule has 1 heterocycles. The molecule has 2 amide bonds. The third kappa shape index (κ3) is 2.96. The fourth-order valence-electron chi connectivity index (χ4n) is 1.25. The monoisotopic (exact) mass is 220 g/mol. The highest BCUT2D eigenvalue weighted by Crippen LogP contribution is 2.13. The van der Waals surface area contributed by atoms with E-state index in [2.05, 4.69) is 0 Å². The van der Waals surface area contributed by atoms with Crippen molar-refractivity contribution in [1.29, 1.82) is 0 Å². The summed E-state index contributed by atoms with van der Waals surface area (Å²) in [7, 11) is 0. The summed E-state index contributed by atoms with van der Waals surface area (Å²) >= 11 is 0. The maximum Gasteiger partial charge on any atom is 0.229 e. The Morgan fingerprint density at radius 2 is 1.71 bits per heavy atom. The number of hydrogen-bond acceptors (Lipinski definition) is 3. The number of imide groups is 1. The molecule has 1 saturated heterocycles. The lowest BCUT2D eigenvalue weighted by atomic mass is 10.1. The molecule has 1 aliphatic heterocycles. The Balaban J connectivity index is 0.00000169. The van der Waals surface area contributed by atoms with Crippen LogP contribution >= 0.6 is 12.4 Å². The molecule has 2 N–H and O–H groups in total. The zero-order valence-electron chi connectivity index (χ0n) is 8.53. The van der Waals surface area contributed by atoms with E-state index in [9.17, 15) is 9.59 Å². The molecular formula is C9H17ClN2O2. The molecule has 82 valence electrons. The predicted molar refractivity (Wildman–Crippen MR) is 56.0 cm³/mol. The Morgan fingerprint density at radius 3 is 2.07 bits per heavy atom. The van der Waals surface area contributed by atoms with Crippen LogP contribution in [0.1, 0.15) is 26.7 Å². The number of rotatable bonds is 3. The van der Waals surface area contributed by atoms with Gasteiger partial charge in [-0.2, -0.15) is 0 Å². The molecule has 0 aromatic carbocycles. The normalized spacial score (nSPS) is 18.7. The second-order valence-electron chi connectivity index (χ2n) is 3.81. The summed E-state index contributed by atoms with van der Waals surface area (Å²) in [5.74, 6) is 0.128. The van der Waals surface area contributed by atoms with Gasteiger partial charge in [0.05, 0.1) is 0 Å². The van der Waals surface area contributed by atoms with Gasteiger partial charge >= 0.3 is 0 Å². The van der Waals surface area contributed by atoms with Gasteiger partial charge in [0, 0.05) is 25.4 Å². The maximum absolute atomic E-state index is 11.2. The van der Waals surface area contributed by atoms with Gasteiger partial charge in [0.1, 0.15) is 0 Å².